The molecule has 4 nitrogen and oxygen atoms in total. The summed E-state index contributed by atoms with van der Waals surface area (Å²) in [6.45, 7) is 4.09. The van der Waals surface area contributed by atoms with Crippen LogP contribution in [0.4, 0.5) is 22.7 Å². The maximum atomic E-state index is 4.26. The van der Waals surface area contributed by atoms with Crippen molar-refractivity contribution >= 4 is 22.7 Å². The van der Waals surface area contributed by atoms with Gasteiger partial charge in [0.1, 0.15) is 0 Å². The highest BCUT2D eigenvalue weighted by molar-refractivity contribution is 5.50. The number of hydrogen-bond acceptors (Lipinski definition) is 4. The van der Waals surface area contributed by atoms with Gasteiger partial charge in [0.25, 0.3) is 0 Å². The molecule has 3 aromatic rings. The van der Waals surface area contributed by atoms with Gasteiger partial charge in [-0.15, -0.1) is 0 Å². The number of hydrogen-bond donors (Lipinski definition) is 0. The van der Waals surface area contributed by atoms with Gasteiger partial charge < -0.3 is 0 Å². The molecule has 0 saturated heterocycles. The molecule has 0 unspecified atom stereocenters. The number of azo groups is 2. The van der Waals surface area contributed by atoms with Crippen molar-refractivity contribution in [3.05, 3.63) is 83.9 Å². The SMILES string of the molecule is Cc1ccc(N=Nc2cccc(N=Nc3ccc(C)cc3)c2)cc1. The van der Waals surface area contributed by atoms with E-state index in [9.17, 15) is 0 Å². The maximum absolute atomic E-state index is 4.26. The molecule has 0 aliphatic rings. The molecule has 0 spiro atoms. The lowest BCUT2D eigenvalue weighted by Gasteiger charge is -1.97. The largest absolute Gasteiger partial charge is 0.151 e. The number of nitrogens with zero attached hydrogens (tertiary/aromatic N) is 4. The van der Waals surface area contributed by atoms with Crippen LogP contribution in [0.5, 0.6) is 0 Å². The summed E-state index contributed by atoms with van der Waals surface area (Å²) in [4.78, 5) is 0. The van der Waals surface area contributed by atoms with Crippen LogP contribution in [0.3, 0.4) is 0 Å². The van der Waals surface area contributed by atoms with E-state index in [-0.39, 0.29) is 0 Å². The highest BCUT2D eigenvalue weighted by atomic mass is 15.1. The second kappa shape index (κ2) is 7.42. The van der Waals surface area contributed by atoms with Crippen LogP contribution in [0, 0.1) is 13.8 Å². The molecule has 0 saturated carbocycles. The second-order valence-corrected chi connectivity index (χ2v) is 5.59. The van der Waals surface area contributed by atoms with Crippen molar-refractivity contribution in [3.8, 4) is 0 Å². The summed E-state index contributed by atoms with van der Waals surface area (Å²) in [5, 5.41) is 17.0. The molecule has 0 heterocycles. The second-order valence-electron chi connectivity index (χ2n) is 5.59. The van der Waals surface area contributed by atoms with Crippen molar-refractivity contribution in [2.24, 2.45) is 20.5 Å². The zero-order valence-corrected chi connectivity index (χ0v) is 13.7. The summed E-state index contributed by atoms with van der Waals surface area (Å²) in [7, 11) is 0. The van der Waals surface area contributed by atoms with Crippen molar-refractivity contribution in [1.29, 1.82) is 0 Å². The monoisotopic (exact) mass is 314 g/mol. The molecule has 0 amide bonds. The lowest BCUT2D eigenvalue weighted by Crippen LogP contribution is -1.69. The molecule has 0 atom stereocenters. The Morgan fingerprint density at radius 3 is 1.25 bits per heavy atom. The highest BCUT2D eigenvalue weighted by Crippen LogP contribution is 2.25. The zero-order valence-electron chi connectivity index (χ0n) is 13.7. The van der Waals surface area contributed by atoms with Gasteiger partial charge in [-0.1, -0.05) is 41.5 Å². The van der Waals surface area contributed by atoms with Gasteiger partial charge in [0.15, 0.2) is 0 Å². The first-order valence-corrected chi connectivity index (χ1v) is 7.76. The Morgan fingerprint density at radius 1 is 0.458 bits per heavy atom. The van der Waals surface area contributed by atoms with Crippen molar-refractivity contribution in [2.45, 2.75) is 13.8 Å². The lowest BCUT2D eigenvalue weighted by atomic mass is 10.2. The van der Waals surface area contributed by atoms with Crippen LogP contribution in [-0.4, -0.2) is 0 Å². The minimum absolute atomic E-state index is 0.746. The van der Waals surface area contributed by atoms with Crippen LogP contribution in [0.2, 0.25) is 0 Å². The quantitative estimate of drug-likeness (QED) is 0.460. The summed E-state index contributed by atoms with van der Waals surface area (Å²) in [6, 6.07) is 23.4. The van der Waals surface area contributed by atoms with Crippen LogP contribution >= 0.6 is 0 Å². The van der Waals surface area contributed by atoms with E-state index in [1.165, 1.54) is 11.1 Å². The Morgan fingerprint density at radius 2 is 0.833 bits per heavy atom. The van der Waals surface area contributed by atoms with Gasteiger partial charge in [0.05, 0.1) is 22.7 Å². The number of aryl methyl sites for hydroxylation is 2. The average molecular weight is 314 g/mol. The average Bonchev–Trinajstić information content (AvgIpc) is 2.61. The van der Waals surface area contributed by atoms with Crippen molar-refractivity contribution in [2.75, 3.05) is 0 Å². The normalized spacial score (nSPS) is 11.4. The van der Waals surface area contributed by atoms with E-state index in [1.54, 1.807) is 0 Å². The number of benzene rings is 3. The fraction of sp³-hybridized carbons (Fsp3) is 0.100. The maximum Gasteiger partial charge on any atom is 0.0879 e. The molecular weight excluding hydrogens is 296 g/mol. The summed E-state index contributed by atoms with van der Waals surface area (Å²) < 4.78 is 0. The van der Waals surface area contributed by atoms with Crippen LogP contribution in [0.25, 0.3) is 0 Å². The van der Waals surface area contributed by atoms with E-state index in [4.69, 9.17) is 0 Å². The molecule has 3 rings (SSSR count). The Balaban J connectivity index is 1.74. The third-order valence-corrected chi connectivity index (χ3v) is 3.46. The van der Waals surface area contributed by atoms with Crippen LogP contribution in [0.1, 0.15) is 11.1 Å². The molecule has 0 N–H and O–H groups in total. The van der Waals surface area contributed by atoms with Gasteiger partial charge in [-0.3, -0.25) is 0 Å². The molecule has 0 aromatic heterocycles. The first kappa shape index (κ1) is 15.7. The van der Waals surface area contributed by atoms with E-state index in [0.29, 0.717) is 0 Å². The first-order valence-electron chi connectivity index (χ1n) is 7.76. The first-order chi connectivity index (χ1) is 11.7. The summed E-state index contributed by atoms with van der Waals surface area (Å²) in [6.07, 6.45) is 0. The van der Waals surface area contributed by atoms with Crippen LogP contribution in [-0.2, 0) is 0 Å². The van der Waals surface area contributed by atoms with Crippen LogP contribution < -0.4 is 0 Å². The third-order valence-electron chi connectivity index (χ3n) is 3.46. The predicted octanol–water partition coefficient (Wildman–Crippen LogP) is 7.13. The van der Waals surface area contributed by atoms with E-state index in [0.717, 1.165) is 22.7 Å². The van der Waals surface area contributed by atoms with E-state index in [2.05, 4.69) is 20.5 Å². The Labute approximate surface area is 141 Å². The summed E-state index contributed by atoms with van der Waals surface area (Å²) >= 11 is 0. The summed E-state index contributed by atoms with van der Waals surface area (Å²) in [5.41, 5.74) is 5.55. The molecule has 3 aromatic carbocycles. The van der Waals surface area contributed by atoms with Crippen LogP contribution in [0.15, 0.2) is 93.3 Å². The molecule has 24 heavy (non-hydrogen) atoms. The van der Waals surface area contributed by atoms with E-state index >= 15 is 0 Å². The Kier molecular flexibility index (Phi) is 4.87. The molecule has 0 aliphatic carbocycles. The number of rotatable bonds is 4. The minimum atomic E-state index is 0.746. The van der Waals surface area contributed by atoms with Gasteiger partial charge in [0.2, 0.25) is 0 Å². The molecule has 0 aliphatic heterocycles. The Bertz CT molecular complexity index is 792. The molecule has 0 radical (unpaired) electrons. The molecular formula is C20H18N4. The standard InChI is InChI=1S/C20H18N4/c1-15-6-10-17(11-7-15)21-23-19-4-3-5-20(14-19)24-22-18-12-8-16(2)9-13-18/h3-14H,1-2H3. The van der Waals surface area contributed by atoms with Gasteiger partial charge >= 0.3 is 0 Å². The third kappa shape index (κ3) is 4.43. The van der Waals surface area contributed by atoms with Gasteiger partial charge in [-0.25, -0.2) is 0 Å². The highest BCUT2D eigenvalue weighted by Gasteiger charge is 1.95. The van der Waals surface area contributed by atoms with Crippen molar-refractivity contribution in [3.63, 3.8) is 0 Å². The topological polar surface area (TPSA) is 49.4 Å². The Hall–Kier alpha value is -3.14. The minimum Gasteiger partial charge on any atom is -0.151 e. The van der Waals surface area contributed by atoms with Crippen molar-refractivity contribution < 1.29 is 0 Å². The van der Waals surface area contributed by atoms with E-state index < -0.39 is 0 Å². The van der Waals surface area contributed by atoms with Gasteiger partial charge in [-0.05, 0) is 56.3 Å². The predicted molar refractivity (Wildman–Crippen MR) is 97.2 cm³/mol. The summed E-state index contributed by atoms with van der Waals surface area (Å²) in [5.74, 6) is 0. The zero-order chi connectivity index (χ0) is 16.8. The fourth-order valence-electron chi connectivity index (χ4n) is 2.07. The molecule has 0 fully saturated rings. The lowest BCUT2D eigenvalue weighted by molar-refractivity contribution is 1.20. The molecule has 4 heteroatoms. The van der Waals surface area contributed by atoms with Crippen molar-refractivity contribution in [1.82, 2.24) is 0 Å². The molecule has 118 valence electrons. The van der Waals surface area contributed by atoms with E-state index in [1.807, 2.05) is 86.6 Å². The smallest absolute Gasteiger partial charge is 0.0879 e. The van der Waals surface area contributed by atoms with Gasteiger partial charge in [-0.2, -0.15) is 20.5 Å². The molecule has 0 bridgehead atoms. The van der Waals surface area contributed by atoms with Gasteiger partial charge in [0, 0.05) is 0 Å². The fourth-order valence-corrected chi connectivity index (χ4v) is 2.07.